The van der Waals surface area contributed by atoms with Crippen LogP contribution in [0.2, 0.25) is 0 Å². The van der Waals surface area contributed by atoms with Crippen molar-refractivity contribution in [2.24, 2.45) is 0 Å². The molecule has 0 atom stereocenters. The summed E-state index contributed by atoms with van der Waals surface area (Å²) in [4.78, 5) is 2.16. The van der Waals surface area contributed by atoms with Crippen LogP contribution in [0.25, 0.3) is 0 Å². The second-order valence-corrected chi connectivity index (χ2v) is 2.60. The van der Waals surface area contributed by atoms with Gasteiger partial charge < -0.3 is 10.2 Å². The van der Waals surface area contributed by atoms with Gasteiger partial charge in [0.05, 0.1) is 6.54 Å². The zero-order chi connectivity index (χ0) is 8.81. The summed E-state index contributed by atoms with van der Waals surface area (Å²) in [6, 6.07) is 2.38. The van der Waals surface area contributed by atoms with E-state index in [4.69, 9.17) is 12.8 Å². The van der Waals surface area contributed by atoms with Crippen molar-refractivity contribution in [1.29, 1.82) is 0 Å². The van der Waals surface area contributed by atoms with E-state index in [1.54, 1.807) is 0 Å². The molecule has 0 saturated heterocycles. The Morgan fingerprint density at radius 3 is 2.92 bits per heavy atom. The normalized spacial score (nSPS) is 13.8. The van der Waals surface area contributed by atoms with Gasteiger partial charge in [-0.1, -0.05) is 12.3 Å². The maximum Gasteiger partial charge on any atom is 0.0792 e. The quantitative estimate of drug-likeness (QED) is 0.363. The van der Waals surface area contributed by atoms with E-state index in [9.17, 15) is 0 Å². The van der Waals surface area contributed by atoms with Gasteiger partial charge in [-0.15, -0.1) is 6.42 Å². The molecule has 12 heavy (non-hydrogen) atoms. The lowest BCUT2D eigenvalue weighted by Crippen LogP contribution is -2.33. The van der Waals surface area contributed by atoms with Crippen molar-refractivity contribution in [1.82, 2.24) is 10.2 Å². The first-order chi connectivity index (χ1) is 5.88. The molecule has 0 aromatic rings. The topological polar surface area (TPSA) is 15.3 Å². The van der Waals surface area contributed by atoms with E-state index in [1.807, 2.05) is 0 Å². The summed E-state index contributed by atoms with van der Waals surface area (Å²) in [6.07, 6.45) is 13.4. The van der Waals surface area contributed by atoms with Gasteiger partial charge in [0.1, 0.15) is 0 Å². The summed E-state index contributed by atoms with van der Waals surface area (Å²) in [5.41, 5.74) is 1.30. The van der Waals surface area contributed by atoms with E-state index in [0.29, 0.717) is 6.54 Å². The lowest BCUT2D eigenvalue weighted by atomic mass is 10.1. The third kappa shape index (κ3) is 1.97. The third-order valence-corrected chi connectivity index (χ3v) is 1.84. The van der Waals surface area contributed by atoms with Crippen LogP contribution in [0, 0.1) is 24.8 Å². The first kappa shape index (κ1) is 8.56. The van der Waals surface area contributed by atoms with Crippen molar-refractivity contribution in [2.75, 3.05) is 19.6 Å². The van der Waals surface area contributed by atoms with Gasteiger partial charge in [-0.05, 0) is 6.08 Å². The fraction of sp³-hybridized carbons (Fsp3) is 0.400. The summed E-state index contributed by atoms with van der Waals surface area (Å²) in [5.74, 6) is 2.61. The minimum Gasteiger partial charge on any atom is -0.360 e. The molecule has 0 aromatic heterocycles. The Kier molecular flexibility index (Phi) is 3.11. The Bertz CT molecular complexity index is 252. The van der Waals surface area contributed by atoms with Crippen LogP contribution in [-0.4, -0.2) is 24.5 Å². The van der Waals surface area contributed by atoms with Crippen LogP contribution in [-0.2, 0) is 0 Å². The van der Waals surface area contributed by atoms with Crippen molar-refractivity contribution in [3.05, 3.63) is 11.8 Å². The smallest absolute Gasteiger partial charge is 0.0792 e. The van der Waals surface area contributed by atoms with E-state index >= 15 is 0 Å². The molecule has 1 heterocycles. The Morgan fingerprint density at radius 1 is 1.58 bits per heavy atom. The number of terminal acetylenes is 2. The summed E-state index contributed by atoms with van der Waals surface area (Å²) >= 11 is 0. The van der Waals surface area contributed by atoms with Gasteiger partial charge in [0, 0.05) is 31.3 Å². The largest absolute Gasteiger partial charge is 0.360 e. The molecule has 0 fully saturated rings. The van der Waals surface area contributed by atoms with Gasteiger partial charge in [-0.3, -0.25) is 0 Å². The predicted molar refractivity (Wildman–Crippen MR) is 49.9 cm³/mol. The molecule has 1 rings (SSSR count). The van der Waals surface area contributed by atoms with E-state index in [1.165, 1.54) is 5.70 Å². The van der Waals surface area contributed by atoms with Gasteiger partial charge in [-0.25, -0.2) is 0 Å². The minimum absolute atomic E-state index is 0.710. The number of hydrogen-bond donors (Lipinski definition) is 1. The van der Waals surface area contributed by atoms with Crippen molar-refractivity contribution < 1.29 is 0 Å². The average Bonchev–Trinajstić information content (AvgIpc) is 2.06. The molecule has 0 amide bonds. The molecule has 2 heteroatoms. The average molecular weight is 160 g/mol. The second-order valence-electron chi connectivity index (χ2n) is 2.60. The molecule has 0 bridgehead atoms. The Hall–Kier alpha value is -1.54. The zero-order valence-electron chi connectivity index (χ0n) is 7.01. The van der Waals surface area contributed by atoms with Crippen LogP contribution in [0.5, 0.6) is 0 Å². The van der Waals surface area contributed by atoms with E-state index in [2.05, 4.69) is 28.3 Å². The van der Waals surface area contributed by atoms with E-state index in [-0.39, 0.29) is 0 Å². The predicted octanol–water partition coefficient (Wildman–Crippen LogP) is 0.390. The van der Waals surface area contributed by atoms with Crippen LogP contribution in [0.15, 0.2) is 11.8 Å². The molecule has 0 aromatic carbocycles. The molecule has 2 nitrogen and oxygen atoms in total. The molecule has 1 aliphatic heterocycles. The van der Waals surface area contributed by atoms with E-state index in [0.717, 1.165) is 19.5 Å². The van der Waals surface area contributed by atoms with Gasteiger partial charge >= 0.3 is 0 Å². The number of rotatable bonds is 4. The van der Waals surface area contributed by atoms with Crippen LogP contribution in [0.3, 0.4) is 0 Å². The summed E-state index contributed by atoms with van der Waals surface area (Å²) < 4.78 is 0. The lowest BCUT2D eigenvalue weighted by molar-refractivity contribution is 0.359. The maximum atomic E-state index is 5.19. The standard InChI is InChI=1S/C10H12N2/c1-3-8-12-9-6-10(12)5-7-11-4-2/h1-2,6,11H,5,7-9H2. The molecular formula is C10H12N2. The maximum absolute atomic E-state index is 5.19. The van der Waals surface area contributed by atoms with Crippen molar-refractivity contribution >= 4 is 0 Å². The highest BCUT2D eigenvalue weighted by atomic mass is 15.2. The summed E-state index contributed by atoms with van der Waals surface area (Å²) in [7, 11) is 0. The highest BCUT2D eigenvalue weighted by Crippen LogP contribution is 2.16. The zero-order valence-corrected chi connectivity index (χ0v) is 7.01. The van der Waals surface area contributed by atoms with Crippen LogP contribution in [0.1, 0.15) is 6.42 Å². The fourth-order valence-electron chi connectivity index (χ4n) is 1.15. The van der Waals surface area contributed by atoms with Crippen molar-refractivity contribution in [2.45, 2.75) is 6.42 Å². The van der Waals surface area contributed by atoms with Crippen LogP contribution >= 0.6 is 0 Å². The van der Waals surface area contributed by atoms with Gasteiger partial charge in [0.25, 0.3) is 0 Å². The fourth-order valence-corrected chi connectivity index (χ4v) is 1.15. The molecule has 0 saturated carbocycles. The van der Waals surface area contributed by atoms with Gasteiger partial charge in [0.2, 0.25) is 0 Å². The van der Waals surface area contributed by atoms with Crippen LogP contribution < -0.4 is 5.32 Å². The number of nitrogens with one attached hydrogen (secondary N) is 1. The number of hydrogen-bond acceptors (Lipinski definition) is 2. The monoisotopic (exact) mass is 160 g/mol. The molecule has 1 aliphatic rings. The Morgan fingerprint density at radius 2 is 2.42 bits per heavy atom. The molecule has 0 unspecified atom stereocenters. The second kappa shape index (κ2) is 4.36. The molecular weight excluding hydrogens is 148 g/mol. The summed E-state index contributed by atoms with van der Waals surface area (Å²) in [5, 5.41) is 2.82. The van der Waals surface area contributed by atoms with Crippen molar-refractivity contribution in [3.63, 3.8) is 0 Å². The van der Waals surface area contributed by atoms with Gasteiger partial charge in [-0.2, -0.15) is 0 Å². The first-order valence-corrected chi connectivity index (χ1v) is 3.94. The Balaban J connectivity index is 2.19. The van der Waals surface area contributed by atoms with Crippen molar-refractivity contribution in [3.8, 4) is 24.8 Å². The Labute approximate surface area is 73.6 Å². The minimum atomic E-state index is 0.710. The molecule has 0 radical (unpaired) electrons. The molecule has 62 valence electrons. The third-order valence-electron chi connectivity index (χ3n) is 1.84. The number of nitrogens with zero attached hydrogens (tertiary/aromatic N) is 1. The molecule has 0 spiro atoms. The van der Waals surface area contributed by atoms with E-state index < -0.39 is 0 Å². The highest BCUT2D eigenvalue weighted by Gasteiger charge is 2.14. The molecule has 0 aliphatic carbocycles. The van der Waals surface area contributed by atoms with Gasteiger partial charge in [0.15, 0.2) is 0 Å². The molecule has 1 N–H and O–H groups in total. The first-order valence-electron chi connectivity index (χ1n) is 3.94. The lowest BCUT2D eigenvalue weighted by Gasteiger charge is -2.32. The van der Waals surface area contributed by atoms with Crippen LogP contribution in [0.4, 0.5) is 0 Å². The highest BCUT2D eigenvalue weighted by molar-refractivity contribution is 5.16. The SMILES string of the molecule is C#CCN1CC=C1CCNC#C. The summed E-state index contributed by atoms with van der Waals surface area (Å²) in [6.45, 7) is 2.51.